The first kappa shape index (κ1) is 20.3. The molecule has 0 N–H and O–H groups in total. The molecule has 3 nitrogen and oxygen atoms in total. The maximum absolute atomic E-state index is 13.0. The summed E-state index contributed by atoms with van der Waals surface area (Å²) in [5.74, 6) is 0.590. The lowest BCUT2D eigenvalue weighted by atomic mass is 9.87. The lowest BCUT2D eigenvalue weighted by Gasteiger charge is -2.21. The molecule has 2 aromatic heterocycles. The first-order valence-electron chi connectivity index (χ1n) is 10.8. The summed E-state index contributed by atoms with van der Waals surface area (Å²) in [6.07, 6.45) is 2.82. The Morgan fingerprint density at radius 1 is 0.933 bits per heavy atom. The van der Waals surface area contributed by atoms with Crippen molar-refractivity contribution in [2.75, 3.05) is 0 Å². The standard InChI is InChI=1S/C27H30N2O/c1-16(2)24-18(4)27(30)29(6)26-20(11-9-13-23(24)26)14-17(3)25-19(5)28-15-21-10-7-8-12-22(21)25/h7-13,15-17H,14H2,1-6H3. The van der Waals surface area contributed by atoms with Crippen LogP contribution >= 0.6 is 0 Å². The van der Waals surface area contributed by atoms with Gasteiger partial charge < -0.3 is 4.57 Å². The van der Waals surface area contributed by atoms with Crippen LogP contribution in [0.2, 0.25) is 0 Å². The summed E-state index contributed by atoms with van der Waals surface area (Å²) in [6.45, 7) is 10.7. The Labute approximate surface area is 178 Å². The first-order chi connectivity index (χ1) is 14.3. The largest absolute Gasteiger partial charge is 0.311 e. The zero-order chi connectivity index (χ0) is 21.6. The Bertz CT molecular complexity index is 1310. The fraction of sp³-hybridized carbons (Fsp3) is 0.333. The number of benzene rings is 2. The number of nitrogens with zero attached hydrogens (tertiary/aromatic N) is 2. The molecule has 0 aliphatic rings. The molecule has 0 saturated carbocycles. The van der Waals surface area contributed by atoms with Crippen molar-refractivity contribution in [2.45, 2.75) is 52.9 Å². The van der Waals surface area contributed by atoms with E-state index in [0.29, 0.717) is 5.92 Å². The molecule has 0 aliphatic carbocycles. The minimum atomic E-state index is 0.106. The number of rotatable bonds is 4. The topological polar surface area (TPSA) is 34.9 Å². The van der Waals surface area contributed by atoms with Gasteiger partial charge in [0.05, 0.1) is 5.52 Å². The van der Waals surface area contributed by atoms with Crippen LogP contribution in [0.15, 0.2) is 53.5 Å². The van der Waals surface area contributed by atoms with Gasteiger partial charge in [-0.25, -0.2) is 0 Å². The fourth-order valence-electron chi connectivity index (χ4n) is 5.12. The molecule has 0 fully saturated rings. The Balaban J connectivity index is 1.90. The number of para-hydroxylation sites is 1. The summed E-state index contributed by atoms with van der Waals surface area (Å²) in [4.78, 5) is 17.7. The highest BCUT2D eigenvalue weighted by Gasteiger charge is 2.19. The van der Waals surface area contributed by atoms with Crippen molar-refractivity contribution in [2.24, 2.45) is 7.05 Å². The van der Waals surface area contributed by atoms with Crippen LogP contribution in [0.25, 0.3) is 21.7 Å². The van der Waals surface area contributed by atoms with E-state index < -0.39 is 0 Å². The van der Waals surface area contributed by atoms with Gasteiger partial charge in [0.25, 0.3) is 5.56 Å². The molecule has 0 spiro atoms. The Kier molecular flexibility index (Phi) is 5.23. The van der Waals surface area contributed by atoms with Crippen LogP contribution in [0.3, 0.4) is 0 Å². The summed E-state index contributed by atoms with van der Waals surface area (Å²) in [5.41, 5.74) is 6.79. The third kappa shape index (κ3) is 3.23. The van der Waals surface area contributed by atoms with Crippen LogP contribution < -0.4 is 5.56 Å². The van der Waals surface area contributed by atoms with Crippen molar-refractivity contribution < 1.29 is 0 Å². The third-order valence-electron chi connectivity index (χ3n) is 6.41. The molecule has 0 amide bonds. The molecular formula is C27H30N2O. The molecule has 1 unspecified atom stereocenters. The van der Waals surface area contributed by atoms with E-state index in [9.17, 15) is 4.79 Å². The van der Waals surface area contributed by atoms with Gasteiger partial charge in [0.15, 0.2) is 0 Å². The third-order valence-corrected chi connectivity index (χ3v) is 6.41. The molecule has 4 aromatic rings. The number of hydrogen-bond acceptors (Lipinski definition) is 2. The molecule has 1 atom stereocenters. The zero-order valence-corrected chi connectivity index (χ0v) is 18.8. The van der Waals surface area contributed by atoms with E-state index in [1.54, 1.807) is 0 Å². The van der Waals surface area contributed by atoms with Crippen LogP contribution in [0.4, 0.5) is 0 Å². The minimum Gasteiger partial charge on any atom is -0.311 e. The van der Waals surface area contributed by atoms with Gasteiger partial charge in [-0.15, -0.1) is 0 Å². The van der Waals surface area contributed by atoms with Crippen molar-refractivity contribution in [3.63, 3.8) is 0 Å². The van der Waals surface area contributed by atoms with E-state index in [4.69, 9.17) is 0 Å². The average molecular weight is 399 g/mol. The van der Waals surface area contributed by atoms with Crippen molar-refractivity contribution in [1.29, 1.82) is 0 Å². The second-order valence-corrected chi connectivity index (χ2v) is 8.82. The highest BCUT2D eigenvalue weighted by Crippen LogP contribution is 2.33. The van der Waals surface area contributed by atoms with Crippen LogP contribution in [0.5, 0.6) is 0 Å². The summed E-state index contributed by atoms with van der Waals surface area (Å²) >= 11 is 0. The summed E-state index contributed by atoms with van der Waals surface area (Å²) < 4.78 is 1.84. The number of hydrogen-bond donors (Lipinski definition) is 0. The van der Waals surface area contributed by atoms with Crippen molar-refractivity contribution in [1.82, 2.24) is 9.55 Å². The van der Waals surface area contributed by atoms with Crippen LogP contribution in [0.1, 0.15) is 60.6 Å². The number of pyridine rings is 2. The van der Waals surface area contributed by atoms with Crippen molar-refractivity contribution in [3.05, 3.63) is 87.0 Å². The van der Waals surface area contributed by atoms with Gasteiger partial charge in [0.2, 0.25) is 0 Å². The van der Waals surface area contributed by atoms with E-state index in [-0.39, 0.29) is 11.5 Å². The van der Waals surface area contributed by atoms with Gasteiger partial charge in [-0.1, -0.05) is 63.2 Å². The second-order valence-electron chi connectivity index (χ2n) is 8.82. The minimum absolute atomic E-state index is 0.106. The zero-order valence-electron chi connectivity index (χ0n) is 18.8. The van der Waals surface area contributed by atoms with Gasteiger partial charge in [0.1, 0.15) is 0 Å². The second kappa shape index (κ2) is 7.71. The Hall–Kier alpha value is -2.94. The Morgan fingerprint density at radius 2 is 1.63 bits per heavy atom. The molecule has 0 aliphatic heterocycles. The van der Waals surface area contributed by atoms with Gasteiger partial charge in [0, 0.05) is 35.3 Å². The predicted molar refractivity (Wildman–Crippen MR) is 127 cm³/mol. The predicted octanol–water partition coefficient (Wildman–Crippen LogP) is 6.17. The molecule has 3 heteroatoms. The number of aryl methyl sites for hydroxylation is 2. The Morgan fingerprint density at radius 3 is 2.37 bits per heavy atom. The SMILES string of the molecule is Cc1ncc2ccccc2c1C(C)Cc1cccc2c(C(C)C)c(C)c(=O)n(C)c12. The van der Waals surface area contributed by atoms with Crippen LogP contribution in [-0.2, 0) is 13.5 Å². The molecule has 2 aromatic carbocycles. The highest BCUT2D eigenvalue weighted by atomic mass is 16.1. The smallest absolute Gasteiger partial charge is 0.253 e. The van der Waals surface area contributed by atoms with Crippen molar-refractivity contribution >= 4 is 21.7 Å². The maximum atomic E-state index is 13.0. The van der Waals surface area contributed by atoms with E-state index in [1.807, 2.05) is 24.7 Å². The van der Waals surface area contributed by atoms with Gasteiger partial charge in [-0.3, -0.25) is 9.78 Å². The van der Waals surface area contributed by atoms with E-state index in [1.165, 1.54) is 32.8 Å². The average Bonchev–Trinajstić information content (AvgIpc) is 2.71. The van der Waals surface area contributed by atoms with E-state index >= 15 is 0 Å². The van der Waals surface area contributed by atoms with Crippen LogP contribution in [-0.4, -0.2) is 9.55 Å². The maximum Gasteiger partial charge on any atom is 0.253 e. The molecule has 30 heavy (non-hydrogen) atoms. The molecule has 0 bridgehead atoms. The fourth-order valence-corrected chi connectivity index (χ4v) is 5.12. The molecule has 0 saturated heterocycles. The summed E-state index contributed by atoms with van der Waals surface area (Å²) in [7, 11) is 1.90. The number of fused-ring (bicyclic) bond motifs is 2. The summed E-state index contributed by atoms with van der Waals surface area (Å²) in [5, 5.41) is 3.64. The van der Waals surface area contributed by atoms with Gasteiger partial charge in [-0.2, -0.15) is 0 Å². The molecule has 2 heterocycles. The first-order valence-corrected chi connectivity index (χ1v) is 10.8. The molecular weight excluding hydrogens is 368 g/mol. The van der Waals surface area contributed by atoms with E-state index in [2.05, 4.69) is 75.1 Å². The highest BCUT2D eigenvalue weighted by molar-refractivity contribution is 5.88. The van der Waals surface area contributed by atoms with Gasteiger partial charge >= 0.3 is 0 Å². The normalized spacial score (nSPS) is 12.8. The molecule has 4 rings (SSSR count). The molecule has 154 valence electrons. The van der Waals surface area contributed by atoms with Gasteiger partial charge in [-0.05, 0) is 54.2 Å². The lowest BCUT2D eigenvalue weighted by molar-refractivity contribution is 0.749. The van der Waals surface area contributed by atoms with E-state index in [0.717, 1.165) is 23.2 Å². The monoisotopic (exact) mass is 398 g/mol. The molecule has 0 radical (unpaired) electrons. The summed E-state index contributed by atoms with van der Waals surface area (Å²) in [6, 6.07) is 14.9. The van der Waals surface area contributed by atoms with Crippen LogP contribution in [0, 0.1) is 13.8 Å². The quantitative estimate of drug-likeness (QED) is 0.412. The lowest BCUT2D eigenvalue weighted by Crippen LogP contribution is -2.23. The number of aromatic nitrogens is 2. The van der Waals surface area contributed by atoms with Crippen molar-refractivity contribution in [3.8, 4) is 0 Å².